The lowest BCUT2D eigenvalue weighted by Gasteiger charge is -2.14. The second kappa shape index (κ2) is 4.29. The predicted octanol–water partition coefficient (Wildman–Crippen LogP) is 1.23. The van der Waals surface area contributed by atoms with Gasteiger partial charge in [-0.25, -0.2) is 0 Å². The van der Waals surface area contributed by atoms with Crippen molar-refractivity contribution in [1.82, 2.24) is 4.90 Å². The highest BCUT2D eigenvalue weighted by Gasteiger charge is 2.05. The average Bonchev–Trinajstić information content (AvgIpc) is 2.17. The summed E-state index contributed by atoms with van der Waals surface area (Å²) in [6, 6.07) is 0. The Kier molecular flexibility index (Phi) is 3.30. The Labute approximate surface area is 67.9 Å². The summed E-state index contributed by atoms with van der Waals surface area (Å²) >= 11 is 0. The van der Waals surface area contributed by atoms with Gasteiger partial charge in [-0.15, -0.1) is 0 Å². The molecule has 0 N–H and O–H groups in total. The van der Waals surface area contributed by atoms with E-state index >= 15 is 0 Å². The van der Waals surface area contributed by atoms with Crippen molar-refractivity contribution in [2.45, 2.75) is 19.8 Å². The van der Waals surface area contributed by atoms with Gasteiger partial charge in [-0.2, -0.15) is 0 Å². The molecule has 0 aromatic carbocycles. The first-order chi connectivity index (χ1) is 5.33. The normalized spacial score (nSPS) is 20.6. The fraction of sp³-hybridized carbons (Fsp3) is 0.667. The molecule has 0 radical (unpaired) electrons. The molecule has 0 fully saturated rings. The first-order valence-electron chi connectivity index (χ1n) is 4.14. The zero-order chi connectivity index (χ0) is 8.10. The zero-order valence-corrected chi connectivity index (χ0v) is 7.05. The zero-order valence-electron chi connectivity index (χ0n) is 7.05. The minimum atomic E-state index is 0.587. The maximum absolute atomic E-state index is 10.2. The number of carbonyl (C=O) groups is 1. The fourth-order valence-electron chi connectivity index (χ4n) is 1.33. The van der Waals surface area contributed by atoms with Gasteiger partial charge >= 0.3 is 0 Å². The van der Waals surface area contributed by atoms with Crippen LogP contribution in [0.3, 0.4) is 0 Å². The van der Waals surface area contributed by atoms with Crippen LogP contribution in [0.2, 0.25) is 0 Å². The molecule has 1 heterocycles. The SMILES string of the molecule is CC1=CCN(CC=O)CCC1. The molecular formula is C9H15NO. The number of allylic oxidation sites excluding steroid dienone is 1. The Morgan fingerprint density at radius 1 is 1.73 bits per heavy atom. The monoisotopic (exact) mass is 153 g/mol. The van der Waals surface area contributed by atoms with Crippen molar-refractivity contribution in [2.75, 3.05) is 19.6 Å². The highest BCUT2D eigenvalue weighted by molar-refractivity contribution is 5.52. The van der Waals surface area contributed by atoms with Gasteiger partial charge < -0.3 is 4.79 Å². The fourth-order valence-corrected chi connectivity index (χ4v) is 1.33. The standard InChI is InChI=1S/C9H15NO/c1-9-3-2-5-10(6-4-9)7-8-11/h4,8H,2-3,5-7H2,1H3. The Bertz CT molecular complexity index is 163. The van der Waals surface area contributed by atoms with E-state index in [0.29, 0.717) is 6.54 Å². The minimum absolute atomic E-state index is 0.587. The van der Waals surface area contributed by atoms with Crippen molar-refractivity contribution in [1.29, 1.82) is 0 Å². The number of carbonyl (C=O) groups excluding carboxylic acids is 1. The van der Waals surface area contributed by atoms with Crippen LogP contribution in [0.4, 0.5) is 0 Å². The minimum Gasteiger partial charge on any atom is -0.302 e. The Morgan fingerprint density at radius 3 is 3.27 bits per heavy atom. The lowest BCUT2D eigenvalue weighted by molar-refractivity contribution is -0.108. The number of rotatable bonds is 2. The van der Waals surface area contributed by atoms with E-state index in [9.17, 15) is 4.79 Å². The number of aldehydes is 1. The van der Waals surface area contributed by atoms with E-state index in [-0.39, 0.29) is 0 Å². The van der Waals surface area contributed by atoms with Crippen molar-refractivity contribution >= 4 is 6.29 Å². The topological polar surface area (TPSA) is 20.3 Å². The summed E-state index contributed by atoms with van der Waals surface area (Å²) in [6.07, 6.45) is 5.58. The van der Waals surface area contributed by atoms with Crippen LogP contribution in [0.1, 0.15) is 19.8 Å². The maximum atomic E-state index is 10.2. The van der Waals surface area contributed by atoms with Gasteiger partial charge in [-0.3, -0.25) is 4.90 Å². The van der Waals surface area contributed by atoms with E-state index in [2.05, 4.69) is 17.9 Å². The second-order valence-electron chi connectivity index (χ2n) is 3.08. The molecule has 0 amide bonds. The van der Waals surface area contributed by atoms with Gasteiger partial charge in [0, 0.05) is 6.54 Å². The van der Waals surface area contributed by atoms with E-state index in [1.807, 2.05) is 0 Å². The molecule has 0 unspecified atom stereocenters. The molecule has 1 aliphatic heterocycles. The summed E-state index contributed by atoms with van der Waals surface area (Å²) in [5.41, 5.74) is 1.46. The van der Waals surface area contributed by atoms with Crippen LogP contribution in [0.15, 0.2) is 11.6 Å². The van der Waals surface area contributed by atoms with Crippen LogP contribution in [0.25, 0.3) is 0 Å². The number of hydrogen-bond acceptors (Lipinski definition) is 2. The molecule has 62 valence electrons. The Hall–Kier alpha value is -0.630. The summed E-state index contributed by atoms with van der Waals surface area (Å²) in [6.45, 7) is 4.76. The molecule has 0 saturated carbocycles. The first kappa shape index (κ1) is 8.47. The second-order valence-corrected chi connectivity index (χ2v) is 3.08. The number of hydrogen-bond donors (Lipinski definition) is 0. The molecule has 1 rings (SSSR count). The highest BCUT2D eigenvalue weighted by Crippen LogP contribution is 2.09. The quantitative estimate of drug-likeness (QED) is 0.439. The molecule has 2 nitrogen and oxygen atoms in total. The van der Waals surface area contributed by atoms with E-state index in [0.717, 1.165) is 19.4 Å². The van der Waals surface area contributed by atoms with E-state index < -0.39 is 0 Å². The van der Waals surface area contributed by atoms with Gasteiger partial charge in [0.2, 0.25) is 0 Å². The van der Waals surface area contributed by atoms with Gasteiger partial charge in [-0.05, 0) is 26.3 Å². The Balaban J connectivity index is 2.39. The van der Waals surface area contributed by atoms with Crippen molar-refractivity contribution in [3.05, 3.63) is 11.6 Å². The summed E-state index contributed by atoms with van der Waals surface area (Å²) in [4.78, 5) is 12.4. The number of nitrogens with zero attached hydrogens (tertiary/aromatic N) is 1. The van der Waals surface area contributed by atoms with Gasteiger partial charge in [-0.1, -0.05) is 11.6 Å². The largest absolute Gasteiger partial charge is 0.302 e. The summed E-state index contributed by atoms with van der Waals surface area (Å²) in [7, 11) is 0. The third kappa shape index (κ3) is 2.85. The molecule has 1 aliphatic rings. The molecular weight excluding hydrogens is 138 g/mol. The van der Waals surface area contributed by atoms with Gasteiger partial charge in [0.1, 0.15) is 6.29 Å². The summed E-state index contributed by atoms with van der Waals surface area (Å²) in [5.74, 6) is 0. The van der Waals surface area contributed by atoms with E-state index in [1.165, 1.54) is 18.4 Å². The van der Waals surface area contributed by atoms with Crippen molar-refractivity contribution in [2.24, 2.45) is 0 Å². The van der Waals surface area contributed by atoms with Crippen LogP contribution in [0, 0.1) is 0 Å². The third-order valence-corrected chi connectivity index (χ3v) is 2.08. The Morgan fingerprint density at radius 2 is 2.55 bits per heavy atom. The van der Waals surface area contributed by atoms with Gasteiger partial charge in [0.25, 0.3) is 0 Å². The van der Waals surface area contributed by atoms with Crippen molar-refractivity contribution < 1.29 is 4.79 Å². The molecule has 0 spiro atoms. The molecule has 0 atom stereocenters. The summed E-state index contributed by atoms with van der Waals surface area (Å²) < 4.78 is 0. The van der Waals surface area contributed by atoms with Crippen LogP contribution < -0.4 is 0 Å². The van der Waals surface area contributed by atoms with Crippen LogP contribution >= 0.6 is 0 Å². The van der Waals surface area contributed by atoms with Crippen LogP contribution in [0.5, 0.6) is 0 Å². The van der Waals surface area contributed by atoms with E-state index in [1.54, 1.807) is 0 Å². The molecule has 0 aliphatic carbocycles. The van der Waals surface area contributed by atoms with Gasteiger partial charge in [0.15, 0.2) is 0 Å². The average molecular weight is 153 g/mol. The molecule has 0 bridgehead atoms. The van der Waals surface area contributed by atoms with Crippen molar-refractivity contribution in [3.8, 4) is 0 Å². The van der Waals surface area contributed by atoms with Crippen LogP contribution in [-0.4, -0.2) is 30.8 Å². The third-order valence-electron chi connectivity index (χ3n) is 2.08. The molecule has 0 saturated heterocycles. The molecule has 11 heavy (non-hydrogen) atoms. The molecule has 2 heteroatoms. The van der Waals surface area contributed by atoms with Crippen molar-refractivity contribution in [3.63, 3.8) is 0 Å². The lowest BCUT2D eigenvalue weighted by Crippen LogP contribution is -2.25. The lowest BCUT2D eigenvalue weighted by atomic mass is 10.2. The maximum Gasteiger partial charge on any atom is 0.133 e. The van der Waals surface area contributed by atoms with Crippen LogP contribution in [-0.2, 0) is 4.79 Å². The van der Waals surface area contributed by atoms with E-state index in [4.69, 9.17) is 0 Å². The predicted molar refractivity (Wildman–Crippen MR) is 45.5 cm³/mol. The smallest absolute Gasteiger partial charge is 0.133 e. The molecule has 0 aromatic heterocycles. The summed E-state index contributed by atoms with van der Waals surface area (Å²) in [5, 5.41) is 0. The molecule has 0 aromatic rings. The van der Waals surface area contributed by atoms with Gasteiger partial charge in [0.05, 0.1) is 6.54 Å². The highest BCUT2D eigenvalue weighted by atomic mass is 16.1. The first-order valence-corrected chi connectivity index (χ1v) is 4.14.